The third-order valence-corrected chi connectivity index (χ3v) is 3.92. The van der Waals surface area contributed by atoms with Crippen LogP contribution in [0.4, 0.5) is 0 Å². The zero-order valence-electron chi connectivity index (χ0n) is 10.4. The van der Waals surface area contributed by atoms with E-state index < -0.39 is 5.97 Å². The summed E-state index contributed by atoms with van der Waals surface area (Å²) >= 11 is 0. The Morgan fingerprint density at radius 2 is 2.24 bits per heavy atom. The predicted molar refractivity (Wildman–Crippen MR) is 68.2 cm³/mol. The van der Waals surface area contributed by atoms with Crippen molar-refractivity contribution >= 4 is 5.97 Å². The molecule has 0 aromatic heterocycles. The van der Waals surface area contributed by atoms with E-state index in [1.54, 1.807) is 0 Å². The van der Waals surface area contributed by atoms with Gasteiger partial charge in [0.2, 0.25) is 0 Å². The maximum absolute atomic E-state index is 10.6. The number of hydrogen-bond donors (Lipinski definition) is 1. The van der Waals surface area contributed by atoms with E-state index in [1.165, 1.54) is 30.4 Å². The van der Waals surface area contributed by atoms with Gasteiger partial charge >= 0.3 is 5.97 Å². The number of fused-ring (bicyclic) bond motifs is 1. The van der Waals surface area contributed by atoms with Gasteiger partial charge in [-0.05, 0) is 48.6 Å². The summed E-state index contributed by atoms with van der Waals surface area (Å²) in [5.41, 5.74) is 2.92. The van der Waals surface area contributed by atoms with Crippen molar-refractivity contribution in [1.82, 2.24) is 0 Å². The van der Waals surface area contributed by atoms with Crippen LogP contribution in [0.3, 0.4) is 0 Å². The molecule has 1 aliphatic carbocycles. The van der Waals surface area contributed by atoms with Crippen molar-refractivity contribution in [2.24, 2.45) is 5.92 Å². The largest absolute Gasteiger partial charge is 0.481 e. The number of carboxylic acids is 1. The highest BCUT2D eigenvalue weighted by Crippen LogP contribution is 2.38. The minimum Gasteiger partial charge on any atom is -0.481 e. The molecule has 0 amide bonds. The first-order valence-corrected chi connectivity index (χ1v) is 6.48. The van der Waals surface area contributed by atoms with Gasteiger partial charge in [0.15, 0.2) is 0 Å². The zero-order valence-corrected chi connectivity index (χ0v) is 10.4. The molecule has 1 aromatic rings. The maximum atomic E-state index is 10.6. The van der Waals surface area contributed by atoms with Crippen molar-refractivity contribution < 1.29 is 9.90 Å². The Hall–Kier alpha value is -1.31. The Kier molecular flexibility index (Phi) is 3.82. The van der Waals surface area contributed by atoms with Crippen LogP contribution in [-0.4, -0.2) is 11.1 Å². The van der Waals surface area contributed by atoms with Crippen LogP contribution >= 0.6 is 0 Å². The third-order valence-electron chi connectivity index (χ3n) is 3.92. The van der Waals surface area contributed by atoms with Gasteiger partial charge < -0.3 is 5.11 Å². The zero-order chi connectivity index (χ0) is 12.3. The lowest BCUT2D eigenvalue weighted by Gasteiger charge is -2.30. The fourth-order valence-corrected chi connectivity index (χ4v) is 2.93. The Labute approximate surface area is 103 Å². The average molecular weight is 232 g/mol. The quantitative estimate of drug-likeness (QED) is 0.861. The molecule has 0 heterocycles. The van der Waals surface area contributed by atoms with Crippen LogP contribution in [0.15, 0.2) is 24.3 Å². The number of benzene rings is 1. The van der Waals surface area contributed by atoms with Gasteiger partial charge in [-0.1, -0.05) is 31.2 Å². The van der Waals surface area contributed by atoms with E-state index in [-0.39, 0.29) is 0 Å². The Morgan fingerprint density at radius 1 is 1.47 bits per heavy atom. The standard InChI is InChI=1S/C15H20O2/c1-11(9-10-15(16)17)13-8-4-6-12-5-2-3-7-14(12)13/h2-3,5,7,11,13H,4,6,8-10H2,1H3,(H,16,17). The number of rotatable bonds is 4. The van der Waals surface area contributed by atoms with E-state index in [2.05, 4.69) is 31.2 Å². The molecule has 0 spiro atoms. The first-order valence-electron chi connectivity index (χ1n) is 6.48. The second kappa shape index (κ2) is 5.35. The van der Waals surface area contributed by atoms with Gasteiger partial charge in [-0.3, -0.25) is 4.79 Å². The van der Waals surface area contributed by atoms with Crippen molar-refractivity contribution in [3.05, 3.63) is 35.4 Å². The van der Waals surface area contributed by atoms with Gasteiger partial charge in [-0.25, -0.2) is 0 Å². The molecule has 1 aromatic carbocycles. The topological polar surface area (TPSA) is 37.3 Å². The summed E-state index contributed by atoms with van der Waals surface area (Å²) in [5, 5.41) is 8.76. The molecule has 92 valence electrons. The van der Waals surface area contributed by atoms with Crippen molar-refractivity contribution in [3.63, 3.8) is 0 Å². The van der Waals surface area contributed by atoms with Crippen LogP contribution in [0.25, 0.3) is 0 Å². The number of hydrogen-bond acceptors (Lipinski definition) is 1. The monoisotopic (exact) mass is 232 g/mol. The smallest absolute Gasteiger partial charge is 0.303 e. The summed E-state index contributed by atoms with van der Waals surface area (Å²) in [5.74, 6) is 0.341. The molecular weight excluding hydrogens is 212 g/mol. The Balaban J connectivity index is 2.09. The van der Waals surface area contributed by atoms with Crippen LogP contribution in [0, 0.1) is 5.92 Å². The summed E-state index contributed by atoms with van der Waals surface area (Å²) < 4.78 is 0. The van der Waals surface area contributed by atoms with E-state index in [9.17, 15) is 4.79 Å². The van der Waals surface area contributed by atoms with Crippen molar-refractivity contribution in [2.75, 3.05) is 0 Å². The molecule has 2 heteroatoms. The molecule has 0 saturated carbocycles. The van der Waals surface area contributed by atoms with E-state index in [1.807, 2.05) is 0 Å². The molecule has 0 bridgehead atoms. The lowest BCUT2D eigenvalue weighted by atomic mass is 9.75. The Morgan fingerprint density at radius 3 is 3.00 bits per heavy atom. The van der Waals surface area contributed by atoms with Crippen LogP contribution < -0.4 is 0 Å². The SMILES string of the molecule is CC(CCC(=O)O)C1CCCc2ccccc21. The number of aliphatic carboxylic acids is 1. The van der Waals surface area contributed by atoms with E-state index in [4.69, 9.17) is 5.11 Å². The molecule has 1 N–H and O–H groups in total. The van der Waals surface area contributed by atoms with Crippen molar-refractivity contribution in [2.45, 2.75) is 44.9 Å². The van der Waals surface area contributed by atoms with Crippen LogP contribution in [0.2, 0.25) is 0 Å². The van der Waals surface area contributed by atoms with E-state index >= 15 is 0 Å². The number of carboxylic acid groups (broad SMARTS) is 1. The van der Waals surface area contributed by atoms with Crippen molar-refractivity contribution in [3.8, 4) is 0 Å². The fraction of sp³-hybridized carbons (Fsp3) is 0.533. The van der Waals surface area contributed by atoms with Crippen LogP contribution in [0.5, 0.6) is 0 Å². The lowest BCUT2D eigenvalue weighted by molar-refractivity contribution is -0.137. The molecule has 2 rings (SSSR count). The van der Waals surface area contributed by atoms with Crippen LogP contribution in [-0.2, 0) is 11.2 Å². The average Bonchev–Trinajstić information content (AvgIpc) is 2.35. The summed E-state index contributed by atoms with van der Waals surface area (Å²) in [6.07, 6.45) is 4.70. The lowest BCUT2D eigenvalue weighted by Crippen LogP contribution is -2.17. The summed E-state index contributed by atoms with van der Waals surface area (Å²) in [6, 6.07) is 8.63. The Bertz CT molecular complexity index is 398. The summed E-state index contributed by atoms with van der Waals surface area (Å²) in [7, 11) is 0. The molecule has 0 fully saturated rings. The summed E-state index contributed by atoms with van der Waals surface area (Å²) in [4.78, 5) is 10.6. The molecule has 0 radical (unpaired) electrons. The first-order chi connectivity index (χ1) is 8.18. The minimum atomic E-state index is -0.680. The number of aryl methyl sites for hydroxylation is 1. The first kappa shape index (κ1) is 12.2. The highest BCUT2D eigenvalue weighted by molar-refractivity contribution is 5.66. The van der Waals surface area contributed by atoms with E-state index in [0.717, 1.165) is 6.42 Å². The normalized spacial score (nSPS) is 20.6. The minimum absolute atomic E-state index is 0.292. The predicted octanol–water partition coefficient (Wildman–Crippen LogP) is 3.61. The molecular formula is C15H20O2. The van der Waals surface area contributed by atoms with Gasteiger partial charge in [-0.2, -0.15) is 0 Å². The second-order valence-corrected chi connectivity index (χ2v) is 5.11. The molecule has 17 heavy (non-hydrogen) atoms. The van der Waals surface area contributed by atoms with Gasteiger partial charge in [0, 0.05) is 6.42 Å². The van der Waals surface area contributed by atoms with Gasteiger partial charge in [-0.15, -0.1) is 0 Å². The van der Waals surface area contributed by atoms with Crippen molar-refractivity contribution in [1.29, 1.82) is 0 Å². The summed E-state index contributed by atoms with van der Waals surface area (Å²) in [6.45, 7) is 2.19. The van der Waals surface area contributed by atoms with Gasteiger partial charge in [0.25, 0.3) is 0 Å². The molecule has 2 atom stereocenters. The van der Waals surface area contributed by atoms with Gasteiger partial charge in [0.05, 0.1) is 0 Å². The highest BCUT2D eigenvalue weighted by Gasteiger charge is 2.24. The number of carbonyl (C=O) groups is 1. The van der Waals surface area contributed by atoms with Crippen LogP contribution in [0.1, 0.15) is 49.7 Å². The molecule has 2 unspecified atom stereocenters. The molecule has 0 saturated heterocycles. The third kappa shape index (κ3) is 2.87. The highest BCUT2D eigenvalue weighted by atomic mass is 16.4. The molecule has 1 aliphatic rings. The maximum Gasteiger partial charge on any atom is 0.303 e. The molecule has 2 nitrogen and oxygen atoms in total. The van der Waals surface area contributed by atoms with Gasteiger partial charge in [0.1, 0.15) is 0 Å². The van der Waals surface area contributed by atoms with E-state index in [0.29, 0.717) is 18.3 Å². The molecule has 0 aliphatic heterocycles. The second-order valence-electron chi connectivity index (χ2n) is 5.11. The fourth-order valence-electron chi connectivity index (χ4n) is 2.93.